The van der Waals surface area contributed by atoms with Crippen molar-refractivity contribution in [3.8, 4) is 5.69 Å². The summed E-state index contributed by atoms with van der Waals surface area (Å²) in [6.45, 7) is 4.10. The number of rotatable bonds is 3. The molecule has 3 heterocycles. The SMILES string of the molecule is CCc1ccc(-n2ccc3nc(N4CCCC4)ncc3c2=O)cc1. The summed E-state index contributed by atoms with van der Waals surface area (Å²) in [5.74, 6) is 0.726. The van der Waals surface area contributed by atoms with Gasteiger partial charge in [-0.1, -0.05) is 19.1 Å². The van der Waals surface area contributed by atoms with Gasteiger partial charge in [-0.15, -0.1) is 0 Å². The van der Waals surface area contributed by atoms with Crippen LogP contribution in [0.1, 0.15) is 25.3 Å². The first-order chi connectivity index (χ1) is 11.8. The van der Waals surface area contributed by atoms with E-state index < -0.39 is 0 Å². The van der Waals surface area contributed by atoms with Gasteiger partial charge in [0.05, 0.1) is 10.9 Å². The van der Waals surface area contributed by atoms with Crippen LogP contribution in [-0.4, -0.2) is 27.6 Å². The summed E-state index contributed by atoms with van der Waals surface area (Å²) in [6.07, 6.45) is 6.80. The molecular formula is C19H20N4O. The van der Waals surface area contributed by atoms with E-state index in [2.05, 4.69) is 33.9 Å². The maximum absolute atomic E-state index is 12.8. The lowest BCUT2D eigenvalue weighted by Crippen LogP contribution is -2.22. The Balaban J connectivity index is 1.77. The summed E-state index contributed by atoms with van der Waals surface area (Å²) < 4.78 is 1.65. The highest BCUT2D eigenvalue weighted by Gasteiger charge is 2.16. The monoisotopic (exact) mass is 320 g/mol. The van der Waals surface area contributed by atoms with Crippen molar-refractivity contribution >= 4 is 16.9 Å². The third-order valence-corrected chi connectivity index (χ3v) is 4.65. The highest BCUT2D eigenvalue weighted by molar-refractivity contribution is 5.78. The Labute approximate surface area is 140 Å². The van der Waals surface area contributed by atoms with Crippen molar-refractivity contribution in [2.24, 2.45) is 0 Å². The zero-order valence-corrected chi connectivity index (χ0v) is 13.8. The van der Waals surface area contributed by atoms with Gasteiger partial charge in [0, 0.05) is 31.2 Å². The molecule has 3 aromatic rings. The van der Waals surface area contributed by atoms with Crippen LogP contribution in [0.5, 0.6) is 0 Å². The zero-order chi connectivity index (χ0) is 16.5. The molecule has 2 aromatic heterocycles. The highest BCUT2D eigenvalue weighted by atomic mass is 16.1. The fourth-order valence-electron chi connectivity index (χ4n) is 3.18. The van der Waals surface area contributed by atoms with Crippen LogP contribution in [0.2, 0.25) is 0 Å². The lowest BCUT2D eigenvalue weighted by Gasteiger charge is -2.15. The second-order valence-electron chi connectivity index (χ2n) is 6.17. The zero-order valence-electron chi connectivity index (χ0n) is 13.8. The minimum absolute atomic E-state index is 0.0790. The largest absolute Gasteiger partial charge is 0.341 e. The van der Waals surface area contributed by atoms with Gasteiger partial charge in [-0.25, -0.2) is 9.97 Å². The quantitative estimate of drug-likeness (QED) is 0.744. The molecule has 1 fully saturated rings. The Bertz CT molecular complexity index is 924. The molecule has 0 bridgehead atoms. The fraction of sp³-hybridized carbons (Fsp3) is 0.316. The summed E-state index contributed by atoms with van der Waals surface area (Å²) in [4.78, 5) is 24.0. The lowest BCUT2D eigenvalue weighted by molar-refractivity contribution is 0.904. The molecule has 0 aliphatic carbocycles. The highest BCUT2D eigenvalue weighted by Crippen LogP contribution is 2.18. The topological polar surface area (TPSA) is 51.0 Å². The maximum atomic E-state index is 12.8. The van der Waals surface area contributed by atoms with Gasteiger partial charge in [0.25, 0.3) is 5.56 Å². The molecule has 1 aliphatic heterocycles. The average Bonchev–Trinajstić information content (AvgIpc) is 3.17. The van der Waals surface area contributed by atoms with Gasteiger partial charge in [-0.3, -0.25) is 9.36 Å². The van der Waals surface area contributed by atoms with Crippen LogP contribution in [-0.2, 0) is 6.42 Å². The molecule has 4 rings (SSSR count). The molecular weight excluding hydrogens is 300 g/mol. The van der Waals surface area contributed by atoms with Crippen LogP contribution < -0.4 is 10.5 Å². The predicted octanol–water partition coefficient (Wildman–Crippen LogP) is 2.94. The fourth-order valence-corrected chi connectivity index (χ4v) is 3.18. The number of nitrogens with zero attached hydrogens (tertiary/aromatic N) is 4. The van der Waals surface area contributed by atoms with E-state index >= 15 is 0 Å². The van der Waals surface area contributed by atoms with Crippen molar-refractivity contribution in [1.29, 1.82) is 0 Å². The number of aryl methyl sites for hydroxylation is 1. The van der Waals surface area contributed by atoms with Crippen molar-refractivity contribution < 1.29 is 0 Å². The van der Waals surface area contributed by atoms with E-state index in [0.717, 1.165) is 31.1 Å². The minimum atomic E-state index is -0.0790. The molecule has 0 unspecified atom stereocenters. The molecule has 0 saturated carbocycles. The number of aromatic nitrogens is 3. The van der Waals surface area contributed by atoms with Gasteiger partial charge in [-0.05, 0) is 43.0 Å². The van der Waals surface area contributed by atoms with Crippen LogP contribution in [0.4, 0.5) is 5.95 Å². The Morgan fingerprint density at radius 3 is 2.54 bits per heavy atom. The van der Waals surface area contributed by atoms with Gasteiger partial charge < -0.3 is 4.90 Å². The molecule has 0 atom stereocenters. The van der Waals surface area contributed by atoms with Gasteiger partial charge >= 0.3 is 0 Å². The molecule has 5 heteroatoms. The Morgan fingerprint density at radius 1 is 1.08 bits per heavy atom. The smallest absolute Gasteiger partial charge is 0.266 e. The molecule has 0 spiro atoms. The van der Waals surface area contributed by atoms with Crippen LogP contribution in [0.25, 0.3) is 16.6 Å². The van der Waals surface area contributed by atoms with Crippen molar-refractivity contribution in [2.45, 2.75) is 26.2 Å². The normalized spacial score (nSPS) is 14.5. The molecule has 5 nitrogen and oxygen atoms in total. The number of benzene rings is 1. The average molecular weight is 320 g/mol. The lowest BCUT2D eigenvalue weighted by atomic mass is 10.1. The summed E-state index contributed by atoms with van der Waals surface area (Å²) >= 11 is 0. The number of anilines is 1. The molecule has 122 valence electrons. The standard InChI is InChI=1S/C19H20N4O/c1-2-14-5-7-15(8-6-14)23-12-9-17-16(18(23)24)13-20-19(21-17)22-10-3-4-11-22/h5-9,12-13H,2-4,10-11H2,1H3. The minimum Gasteiger partial charge on any atom is -0.341 e. The van der Waals surface area contributed by atoms with Gasteiger partial charge in [0.15, 0.2) is 0 Å². The van der Waals surface area contributed by atoms with Gasteiger partial charge in [0.1, 0.15) is 0 Å². The Morgan fingerprint density at radius 2 is 1.83 bits per heavy atom. The van der Waals surface area contributed by atoms with E-state index in [4.69, 9.17) is 0 Å². The van der Waals surface area contributed by atoms with Crippen LogP contribution >= 0.6 is 0 Å². The van der Waals surface area contributed by atoms with Crippen LogP contribution in [0.3, 0.4) is 0 Å². The van der Waals surface area contributed by atoms with Crippen molar-refractivity contribution in [3.63, 3.8) is 0 Å². The Kier molecular flexibility index (Phi) is 3.76. The van der Waals surface area contributed by atoms with Crippen molar-refractivity contribution in [1.82, 2.24) is 14.5 Å². The maximum Gasteiger partial charge on any atom is 0.266 e. The molecule has 0 radical (unpaired) electrons. The third-order valence-electron chi connectivity index (χ3n) is 4.65. The van der Waals surface area contributed by atoms with E-state index in [-0.39, 0.29) is 5.56 Å². The number of hydrogen-bond donors (Lipinski definition) is 0. The van der Waals surface area contributed by atoms with Crippen molar-refractivity contribution in [2.75, 3.05) is 18.0 Å². The second kappa shape index (κ2) is 6.07. The first kappa shape index (κ1) is 14.9. The second-order valence-corrected chi connectivity index (χ2v) is 6.17. The first-order valence-electron chi connectivity index (χ1n) is 8.49. The predicted molar refractivity (Wildman–Crippen MR) is 96.0 cm³/mol. The van der Waals surface area contributed by atoms with Crippen LogP contribution in [0, 0.1) is 0 Å². The molecule has 1 aromatic carbocycles. The number of fused-ring (bicyclic) bond motifs is 1. The van der Waals surface area contributed by atoms with E-state index in [1.54, 1.807) is 17.0 Å². The van der Waals surface area contributed by atoms with Crippen molar-refractivity contribution in [3.05, 3.63) is 58.6 Å². The van der Waals surface area contributed by atoms with E-state index in [9.17, 15) is 4.79 Å². The van der Waals surface area contributed by atoms with E-state index in [1.165, 1.54) is 18.4 Å². The molecule has 0 N–H and O–H groups in total. The van der Waals surface area contributed by atoms with Gasteiger partial charge in [0.2, 0.25) is 5.95 Å². The number of hydrogen-bond acceptors (Lipinski definition) is 4. The molecule has 1 aliphatic rings. The summed E-state index contributed by atoms with van der Waals surface area (Å²) in [7, 11) is 0. The summed E-state index contributed by atoms with van der Waals surface area (Å²) in [6, 6.07) is 9.96. The van der Waals surface area contributed by atoms with E-state index in [0.29, 0.717) is 10.9 Å². The van der Waals surface area contributed by atoms with Crippen LogP contribution in [0.15, 0.2) is 47.5 Å². The molecule has 1 saturated heterocycles. The molecule has 0 amide bonds. The van der Waals surface area contributed by atoms with E-state index in [1.807, 2.05) is 18.2 Å². The number of pyridine rings is 1. The van der Waals surface area contributed by atoms with Gasteiger partial charge in [-0.2, -0.15) is 0 Å². The first-order valence-corrected chi connectivity index (χ1v) is 8.49. The summed E-state index contributed by atoms with van der Waals surface area (Å²) in [5, 5.41) is 0.556. The summed E-state index contributed by atoms with van der Waals surface area (Å²) in [5.41, 5.74) is 2.75. The Hall–Kier alpha value is -2.69. The third kappa shape index (κ3) is 2.56. The molecule has 24 heavy (non-hydrogen) atoms.